The van der Waals surface area contributed by atoms with Crippen LogP contribution in [0.2, 0.25) is 0 Å². The third kappa shape index (κ3) is 3.24. The van der Waals surface area contributed by atoms with Crippen LogP contribution in [-0.2, 0) is 4.74 Å². The van der Waals surface area contributed by atoms with Gasteiger partial charge in [-0.2, -0.15) is 0 Å². The number of anilines is 2. The molecule has 0 aliphatic carbocycles. The first-order valence-electron chi connectivity index (χ1n) is 7.04. The molecule has 2 heterocycles. The maximum Gasteiger partial charge on any atom is 0.350 e. The highest BCUT2D eigenvalue weighted by Crippen LogP contribution is 2.34. The Morgan fingerprint density at radius 3 is 3.00 bits per heavy atom. The van der Waals surface area contributed by atoms with Crippen LogP contribution in [0.15, 0.2) is 6.07 Å². The maximum atomic E-state index is 11.8. The summed E-state index contributed by atoms with van der Waals surface area (Å²) in [6, 6.07) is 2.31. The second-order valence-corrected chi connectivity index (χ2v) is 6.28. The van der Waals surface area contributed by atoms with E-state index >= 15 is 0 Å². The van der Waals surface area contributed by atoms with Gasteiger partial charge in [-0.1, -0.05) is 0 Å². The van der Waals surface area contributed by atoms with Gasteiger partial charge < -0.3 is 20.3 Å². The molecule has 0 amide bonds. The zero-order chi connectivity index (χ0) is 14.7. The summed E-state index contributed by atoms with van der Waals surface area (Å²) >= 11 is 1.44. The van der Waals surface area contributed by atoms with Crippen LogP contribution < -0.4 is 10.6 Å². The standard InChI is InChI=1S/C14H23N3O2S/c1-4-19-14(18)13-11(15)8-12(20-13)17-7-5-6-16(3)9-10(17)2/h8,10H,4-7,9,15H2,1-3H3. The topological polar surface area (TPSA) is 58.8 Å². The highest BCUT2D eigenvalue weighted by Gasteiger charge is 2.24. The highest BCUT2D eigenvalue weighted by molar-refractivity contribution is 7.18. The van der Waals surface area contributed by atoms with Gasteiger partial charge >= 0.3 is 5.97 Å². The molecule has 1 atom stereocenters. The van der Waals surface area contributed by atoms with Gasteiger partial charge in [-0.05, 0) is 39.9 Å². The average molecular weight is 297 g/mol. The minimum atomic E-state index is -0.319. The van der Waals surface area contributed by atoms with Crippen molar-refractivity contribution >= 4 is 28.0 Å². The molecule has 0 spiro atoms. The van der Waals surface area contributed by atoms with Gasteiger partial charge in [-0.25, -0.2) is 4.79 Å². The maximum absolute atomic E-state index is 11.8. The molecule has 0 saturated carbocycles. The molecule has 1 aliphatic rings. The van der Waals surface area contributed by atoms with Gasteiger partial charge in [-0.3, -0.25) is 0 Å². The Morgan fingerprint density at radius 2 is 2.30 bits per heavy atom. The summed E-state index contributed by atoms with van der Waals surface area (Å²) in [5.74, 6) is -0.319. The van der Waals surface area contributed by atoms with E-state index in [1.807, 2.05) is 6.07 Å². The van der Waals surface area contributed by atoms with Crippen LogP contribution in [0.1, 0.15) is 29.9 Å². The Morgan fingerprint density at radius 1 is 1.55 bits per heavy atom. The average Bonchev–Trinajstić information content (AvgIpc) is 2.67. The fourth-order valence-electron chi connectivity index (χ4n) is 2.59. The van der Waals surface area contributed by atoms with Gasteiger partial charge in [0.05, 0.1) is 17.3 Å². The van der Waals surface area contributed by atoms with Crippen LogP contribution in [-0.4, -0.2) is 50.2 Å². The first-order chi connectivity index (χ1) is 9.52. The van der Waals surface area contributed by atoms with E-state index in [2.05, 4.69) is 23.8 Å². The van der Waals surface area contributed by atoms with Crippen molar-refractivity contribution in [1.82, 2.24) is 4.90 Å². The predicted octanol–water partition coefficient (Wildman–Crippen LogP) is 2.04. The van der Waals surface area contributed by atoms with Crippen LogP contribution in [0.3, 0.4) is 0 Å². The number of likely N-dealkylation sites (N-methyl/N-ethyl adjacent to an activating group) is 1. The molecule has 0 radical (unpaired) electrons. The van der Waals surface area contributed by atoms with Gasteiger partial charge in [0.2, 0.25) is 0 Å². The van der Waals surface area contributed by atoms with E-state index in [1.165, 1.54) is 11.3 Å². The van der Waals surface area contributed by atoms with Crippen molar-refractivity contribution < 1.29 is 9.53 Å². The number of hydrogen-bond donors (Lipinski definition) is 1. The van der Waals surface area contributed by atoms with Crippen LogP contribution in [0.25, 0.3) is 0 Å². The molecule has 1 saturated heterocycles. The first kappa shape index (κ1) is 15.1. The number of rotatable bonds is 3. The third-order valence-electron chi connectivity index (χ3n) is 3.54. The van der Waals surface area contributed by atoms with E-state index in [9.17, 15) is 4.79 Å². The summed E-state index contributed by atoms with van der Waals surface area (Å²) in [7, 11) is 2.15. The Kier molecular flexibility index (Phi) is 4.88. The Balaban J connectivity index is 2.20. The van der Waals surface area contributed by atoms with Crippen molar-refractivity contribution in [3.8, 4) is 0 Å². The van der Waals surface area contributed by atoms with Crippen molar-refractivity contribution in [2.45, 2.75) is 26.3 Å². The molecular weight excluding hydrogens is 274 g/mol. The fourth-order valence-corrected chi connectivity index (χ4v) is 3.69. The zero-order valence-electron chi connectivity index (χ0n) is 12.4. The molecular formula is C14H23N3O2S. The molecule has 1 aliphatic heterocycles. The van der Waals surface area contributed by atoms with Gasteiger partial charge in [0, 0.05) is 19.1 Å². The van der Waals surface area contributed by atoms with Crippen LogP contribution in [0.4, 0.5) is 10.7 Å². The Labute approximate surface area is 124 Å². The van der Waals surface area contributed by atoms with Crippen molar-refractivity contribution in [1.29, 1.82) is 0 Å². The van der Waals surface area contributed by atoms with Crippen LogP contribution >= 0.6 is 11.3 Å². The number of carbonyl (C=O) groups is 1. The van der Waals surface area contributed by atoms with E-state index in [4.69, 9.17) is 10.5 Å². The molecule has 0 bridgehead atoms. The number of esters is 1. The van der Waals surface area contributed by atoms with Gasteiger partial charge in [0.25, 0.3) is 0 Å². The number of ether oxygens (including phenoxy) is 1. The Hall–Kier alpha value is -1.27. The third-order valence-corrected chi connectivity index (χ3v) is 4.71. The first-order valence-corrected chi connectivity index (χ1v) is 7.86. The number of nitrogen functional groups attached to an aromatic ring is 1. The lowest BCUT2D eigenvalue weighted by molar-refractivity contribution is 0.0533. The quantitative estimate of drug-likeness (QED) is 0.865. The number of nitrogens with zero attached hydrogens (tertiary/aromatic N) is 2. The van der Waals surface area contributed by atoms with E-state index in [-0.39, 0.29) is 5.97 Å². The summed E-state index contributed by atoms with van der Waals surface area (Å²) in [4.78, 5) is 17.0. The Bertz CT molecular complexity index is 475. The molecule has 2 N–H and O–H groups in total. The highest BCUT2D eigenvalue weighted by atomic mass is 32.1. The summed E-state index contributed by atoms with van der Waals surface area (Å²) < 4.78 is 5.04. The van der Waals surface area contributed by atoms with E-state index in [1.54, 1.807) is 6.92 Å². The molecule has 6 heteroatoms. The van der Waals surface area contributed by atoms with Crippen LogP contribution in [0, 0.1) is 0 Å². The fraction of sp³-hybridized carbons (Fsp3) is 0.643. The molecule has 1 aromatic rings. The molecule has 0 aromatic carbocycles. The smallest absolute Gasteiger partial charge is 0.350 e. The molecule has 5 nitrogen and oxygen atoms in total. The van der Waals surface area contributed by atoms with Crippen molar-refractivity contribution in [3.05, 3.63) is 10.9 Å². The minimum absolute atomic E-state index is 0.319. The summed E-state index contributed by atoms with van der Waals surface area (Å²) in [5, 5.41) is 1.06. The second kappa shape index (κ2) is 6.45. The molecule has 1 fully saturated rings. The lowest BCUT2D eigenvalue weighted by Crippen LogP contribution is -2.37. The normalized spacial score (nSPS) is 20.8. The summed E-state index contributed by atoms with van der Waals surface area (Å²) in [6.45, 7) is 7.50. The zero-order valence-corrected chi connectivity index (χ0v) is 13.2. The van der Waals surface area contributed by atoms with Crippen molar-refractivity contribution in [3.63, 3.8) is 0 Å². The van der Waals surface area contributed by atoms with E-state index in [0.29, 0.717) is 23.2 Å². The number of carbonyl (C=O) groups excluding carboxylic acids is 1. The monoisotopic (exact) mass is 297 g/mol. The predicted molar refractivity (Wildman–Crippen MR) is 83.6 cm³/mol. The van der Waals surface area contributed by atoms with Gasteiger partial charge in [-0.15, -0.1) is 11.3 Å². The molecule has 112 valence electrons. The SMILES string of the molecule is CCOC(=O)c1sc(N2CCCN(C)CC2C)cc1N. The summed E-state index contributed by atoms with van der Waals surface area (Å²) in [5.41, 5.74) is 6.49. The lowest BCUT2D eigenvalue weighted by Gasteiger charge is -2.28. The van der Waals surface area contributed by atoms with Gasteiger partial charge in [0.15, 0.2) is 0 Å². The second-order valence-electron chi connectivity index (χ2n) is 5.25. The van der Waals surface area contributed by atoms with E-state index in [0.717, 1.165) is 31.1 Å². The largest absolute Gasteiger partial charge is 0.462 e. The van der Waals surface area contributed by atoms with E-state index < -0.39 is 0 Å². The minimum Gasteiger partial charge on any atom is -0.462 e. The number of thiophene rings is 1. The van der Waals surface area contributed by atoms with Gasteiger partial charge in [0.1, 0.15) is 4.88 Å². The molecule has 20 heavy (non-hydrogen) atoms. The number of nitrogens with two attached hydrogens (primary N) is 1. The number of hydrogen-bond acceptors (Lipinski definition) is 6. The van der Waals surface area contributed by atoms with Crippen molar-refractivity contribution in [2.75, 3.05) is 43.9 Å². The molecule has 2 rings (SSSR count). The lowest BCUT2D eigenvalue weighted by atomic mass is 10.3. The van der Waals surface area contributed by atoms with Crippen LogP contribution in [0.5, 0.6) is 0 Å². The van der Waals surface area contributed by atoms with Crippen molar-refractivity contribution in [2.24, 2.45) is 0 Å². The molecule has 1 unspecified atom stereocenters. The molecule has 1 aromatic heterocycles. The summed E-state index contributed by atoms with van der Waals surface area (Å²) in [6.07, 6.45) is 1.12.